The third-order valence-electron chi connectivity index (χ3n) is 4.10. The topological polar surface area (TPSA) is 103 Å². The Morgan fingerprint density at radius 3 is 2.64 bits per heavy atom. The zero-order valence-electron chi connectivity index (χ0n) is 15.4. The lowest BCUT2D eigenvalue weighted by atomic mass is 10.1. The van der Waals surface area contributed by atoms with Crippen molar-refractivity contribution in [1.29, 1.82) is 0 Å². The van der Waals surface area contributed by atoms with Gasteiger partial charge in [-0.05, 0) is 42.3 Å². The molecular weight excluding hydrogens is 382 g/mol. The van der Waals surface area contributed by atoms with Gasteiger partial charge in [0.15, 0.2) is 16.4 Å². The molecule has 1 N–H and O–H groups in total. The fourth-order valence-electron chi connectivity index (χ4n) is 2.74. The number of aryl methyl sites for hydroxylation is 1. The van der Waals surface area contributed by atoms with Crippen molar-refractivity contribution in [2.45, 2.75) is 18.2 Å². The molecule has 3 rings (SSSR count). The maximum atomic E-state index is 12.1. The highest BCUT2D eigenvalue weighted by atomic mass is 32.2. The Labute approximate surface area is 161 Å². The molecule has 0 saturated carbocycles. The summed E-state index contributed by atoms with van der Waals surface area (Å²) in [7, 11) is -3.37. The van der Waals surface area contributed by atoms with E-state index < -0.39 is 21.4 Å². The lowest BCUT2D eigenvalue weighted by Crippen LogP contribution is -2.20. The third kappa shape index (κ3) is 4.58. The predicted molar refractivity (Wildman–Crippen MR) is 106 cm³/mol. The molecule has 0 atom stereocenters. The van der Waals surface area contributed by atoms with Crippen molar-refractivity contribution < 1.29 is 22.4 Å². The lowest BCUT2D eigenvalue weighted by Gasteiger charge is -2.09. The van der Waals surface area contributed by atoms with E-state index in [0.29, 0.717) is 23.4 Å². The van der Waals surface area contributed by atoms with Gasteiger partial charge in [-0.3, -0.25) is 4.79 Å². The molecule has 0 bridgehead atoms. The van der Waals surface area contributed by atoms with Crippen molar-refractivity contribution >= 4 is 32.4 Å². The van der Waals surface area contributed by atoms with Crippen LogP contribution in [-0.2, 0) is 21.1 Å². The van der Waals surface area contributed by atoms with Gasteiger partial charge in [0.2, 0.25) is 0 Å². The highest BCUT2D eigenvalue weighted by Gasteiger charge is 2.10. The van der Waals surface area contributed by atoms with Crippen LogP contribution in [0.15, 0.2) is 62.6 Å². The normalized spacial score (nSPS) is 11.4. The molecule has 0 fully saturated rings. The Hall–Kier alpha value is -3.13. The standard InChI is InChI=1S/C20H19NO6S/c1-3-13-9-20(23)27-18-11-15(7-8-17(13)18)26-12-19(22)21-14-5-4-6-16(10-14)28(2,24)25/h4-11H,3,12H2,1-2H3,(H,21,22). The molecule has 0 unspecified atom stereocenters. The van der Waals surface area contributed by atoms with E-state index in [2.05, 4.69) is 5.32 Å². The number of fused-ring (bicyclic) bond motifs is 1. The number of benzene rings is 2. The van der Waals surface area contributed by atoms with E-state index in [1.807, 2.05) is 6.92 Å². The van der Waals surface area contributed by atoms with Crippen LogP contribution in [-0.4, -0.2) is 27.2 Å². The molecular formula is C20H19NO6S. The minimum Gasteiger partial charge on any atom is -0.484 e. The summed E-state index contributed by atoms with van der Waals surface area (Å²) in [5, 5.41) is 3.40. The number of amides is 1. The van der Waals surface area contributed by atoms with Crippen molar-refractivity contribution in [2.75, 3.05) is 18.2 Å². The van der Waals surface area contributed by atoms with E-state index in [0.717, 1.165) is 17.2 Å². The van der Waals surface area contributed by atoms with Crippen LogP contribution in [0.1, 0.15) is 12.5 Å². The molecule has 0 radical (unpaired) electrons. The van der Waals surface area contributed by atoms with Crippen LogP contribution in [0.2, 0.25) is 0 Å². The summed E-state index contributed by atoms with van der Waals surface area (Å²) < 4.78 is 33.8. The molecule has 0 aliphatic rings. The van der Waals surface area contributed by atoms with E-state index in [4.69, 9.17) is 9.15 Å². The van der Waals surface area contributed by atoms with Gasteiger partial charge in [0.25, 0.3) is 5.91 Å². The molecule has 0 saturated heterocycles. The first-order valence-corrected chi connectivity index (χ1v) is 10.4. The van der Waals surface area contributed by atoms with Crippen LogP contribution in [0, 0.1) is 0 Å². The number of nitrogens with one attached hydrogen (secondary N) is 1. The molecule has 1 heterocycles. The molecule has 7 nitrogen and oxygen atoms in total. The Morgan fingerprint density at radius 2 is 1.93 bits per heavy atom. The molecule has 146 valence electrons. The zero-order valence-corrected chi connectivity index (χ0v) is 16.2. The van der Waals surface area contributed by atoms with Crippen molar-refractivity contribution in [3.05, 3.63) is 64.5 Å². The fourth-order valence-corrected chi connectivity index (χ4v) is 3.41. The third-order valence-corrected chi connectivity index (χ3v) is 5.21. The Bertz CT molecular complexity index is 1200. The zero-order chi connectivity index (χ0) is 20.3. The molecule has 2 aromatic carbocycles. The summed E-state index contributed by atoms with van der Waals surface area (Å²) in [5.74, 6) is -0.0709. The summed E-state index contributed by atoms with van der Waals surface area (Å²) in [6, 6.07) is 12.5. The van der Waals surface area contributed by atoms with Crippen molar-refractivity contribution in [1.82, 2.24) is 0 Å². The first-order valence-electron chi connectivity index (χ1n) is 8.56. The molecule has 3 aromatic rings. The van der Waals surface area contributed by atoms with E-state index >= 15 is 0 Å². The van der Waals surface area contributed by atoms with Gasteiger partial charge in [0.05, 0.1) is 4.90 Å². The average Bonchev–Trinajstić information content (AvgIpc) is 2.65. The smallest absolute Gasteiger partial charge is 0.336 e. The highest BCUT2D eigenvalue weighted by Crippen LogP contribution is 2.23. The summed E-state index contributed by atoms with van der Waals surface area (Å²) in [6.45, 7) is 1.66. The average molecular weight is 401 g/mol. The molecule has 0 spiro atoms. The maximum Gasteiger partial charge on any atom is 0.336 e. The van der Waals surface area contributed by atoms with Crippen LogP contribution in [0.25, 0.3) is 11.0 Å². The van der Waals surface area contributed by atoms with Gasteiger partial charge in [-0.15, -0.1) is 0 Å². The number of carbonyl (C=O) groups excluding carboxylic acids is 1. The fraction of sp³-hybridized carbons (Fsp3) is 0.200. The number of sulfone groups is 1. The second-order valence-corrected chi connectivity index (χ2v) is 8.25. The van der Waals surface area contributed by atoms with Crippen LogP contribution in [0.4, 0.5) is 5.69 Å². The molecule has 1 aromatic heterocycles. The second kappa shape index (κ2) is 7.85. The van der Waals surface area contributed by atoms with Crippen molar-refractivity contribution in [3.8, 4) is 5.75 Å². The van der Waals surface area contributed by atoms with Gasteiger partial charge >= 0.3 is 5.63 Å². The highest BCUT2D eigenvalue weighted by molar-refractivity contribution is 7.90. The minimum atomic E-state index is -3.37. The van der Waals surface area contributed by atoms with E-state index in [9.17, 15) is 18.0 Å². The van der Waals surface area contributed by atoms with Crippen LogP contribution >= 0.6 is 0 Å². The Morgan fingerprint density at radius 1 is 1.14 bits per heavy atom. The number of rotatable bonds is 6. The maximum absolute atomic E-state index is 12.1. The summed E-state index contributed by atoms with van der Waals surface area (Å²) >= 11 is 0. The number of anilines is 1. The summed E-state index contributed by atoms with van der Waals surface area (Å²) in [4.78, 5) is 23.8. The Kier molecular flexibility index (Phi) is 5.51. The van der Waals surface area contributed by atoms with Crippen molar-refractivity contribution in [2.24, 2.45) is 0 Å². The van der Waals surface area contributed by atoms with E-state index in [-0.39, 0.29) is 11.5 Å². The second-order valence-electron chi connectivity index (χ2n) is 6.24. The van der Waals surface area contributed by atoms with Gasteiger partial charge in [-0.25, -0.2) is 13.2 Å². The number of hydrogen-bond acceptors (Lipinski definition) is 6. The van der Waals surface area contributed by atoms with Gasteiger partial charge < -0.3 is 14.5 Å². The largest absolute Gasteiger partial charge is 0.484 e. The predicted octanol–water partition coefficient (Wildman–Crippen LogP) is 2.78. The first-order chi connectivity index (χ1) is 13.3. The lowest BCUT2D eigenvalue weighted by molar-refractivity contribution is -0.118. The van der Waals surface area contributed by atoms with Gasteiger partial charge in [0, 0.05) is 29.5 Å². The molecule has 0 aliphatic heterocycles. The number of ether oxygens (including phenoxy) is 1. The number of carbonyl (C=O) groups is 1. The molecule has 1 amide bonds. The van der Waals surface area contributed by atoms with Crippen LogP contribution in [0.3, 0.4) is 0 Å². The molecule has 8 heteroatoms. The van der Waals surface area contributed by atoms with E-state index in [1.165, 1.54) is 18.2 Å². The van der Waals surface area contributed by atoms with Gasteiger partial charge in [0.1, 0.15) is 11.3 Å². The summed E-state index contributed by atoms with van der Waals surface area (Å²) in [6.07, 6.45) is 1.79. The Balaban J connectivity index is 1.70. The quantitative estimate of drug-likeness (QED) is 0.637. The monoisotopic (exact) mass is 401 g/mol. The van der Waals surface area contributed by atoms with E-state index in [1.54, 1.807) is 30.3 Å². The molecule has 0 aliphatic carbocycles. The molecule has 28 heavy (non-hydrogen) atoms. The van der Waals surface area contributed by atoms with Crippen LogP contribution < -0.4 is 15.7 Å². The SMILES string of the molecule is CCc1cc(=O)oc2cc(OCC(=O)Nc3cccc(S(C)(=O)=O)c3)ccc12. The first kappa shape index (κ1) is 19.6. The van der Waals surface area contributed by atoms with Crippen LogP contribution in [0.5, 0.6) is 5.75 Å². The van der Waals surface area contributed by atoms with Gasteiger partial charge in [-0.1, -0.05) is 13.0 Å². The van der Waals surface area contributed by atoms with Gasteiger partial charge in [-0.2, -0.15) is 0 Å². The number of hydrogen-bond donors (Lipinski definition) is 1. The summed E-state index contributed by atoms with van der Waals surface area (Å²) in [5.41, 5.74) is 1.18. The van der Waals surface area contributed by atoms with Crippen molar-refractivity contribution in [3.63, 3.8) is 0 Å². The minimum absolute atomic E-state index is 0.113.